The van der Waals surface area contributed by atoms with Crippen LogP contribution in [0, 0.1) is 10.7 Å². The van der Waals surface area contributed by atoms with Crippen LogP contribution in [0.1, 0.15) is 24.2 Å². The van der Waals surface area contributed by atoms with Crippen molar-refractivity contribution >= 4 is 96.9 Å². The molecule has 9 nitrogen and oxygen atoms in total. The fourth-order valence-corrected chi connectivity index (χ4v) is 6.22. The molecule has 24 heavy (non-hydrogen) atoms. The molecule has 0 aliphatic heterocycles. The summed E-state index contributed by atoms with van der Waals surface area (Å²) in [6.45, 7) is 2.17. The third kappa shape index (κ3) is 4.45. The molecule has 0 radical (unpaired) electrons. The minimum Gasteiger partial charge on any atom is -0.478 e. The van der Waals surface area contributed by atoms with Crippen LogP contribution in [0.25, 0.3) is 0 Å². The molecular weight excluding hydrogens is 665 g/mol. The van der Waals surface area contributed by atoms with Crippen LogP contribution < -0.4 is 10.2 Å². The molecule has 132 valence electrons. The van der Waals surface area contributed by atoms with E-state index in [9.17, 15) is 34.8 Å². The van der Waals surface area contributed by atoms with E-state index in [1.165, 1.54) is 6.92 Å². The summed E-state index contributed by atoms with van der Waals surface area (Å²) in [6.07, 6.45) is -3.55. The van der Waals surface area contributed by atoms with Gasteiger partial charge in [-0.05, 0) is 67.8 Å². The molecule has 0 aliphatic rings. The molecule has 0 unspecified atom stereocenters. The predicted octanol–water partition coefficient (Wildman–Crippen LogP) is 1.10. The van der Waals surface area contributed by atoms with Crippen molar-refractivity contribution in [2.45, 2.75) is 19.9 Å². The summed E-state index contributed by atoms with van der Waals surface area (Å²) in [7, 11) is 0. The average Bonchev–Trinajstić information content (AvgIpc) is 2.36. The minimum absolute atomic E-state index is 0.0141. The van der Waals surface area contributed by atoms with Crippen LogP contribution in [-0.2, 0) is 9.59 Å². The molecule has 0 spiro atoms. The van der Waals surface area contributed by atoms with Crippen LogP contribution in [0.2, 0.25) is 0 Å². The van der Waals surface area contributed by atoms with E-state index in [1.54, 1.807) is 67.8 Å². The monoisotopic (exact) mass is 676 g/mol. The number of aromatic carboxylic acids is 1. The van der Waals surface area contributed by atoms with Gasteiger partial charge >= 0.3 is 12.1 Å². The topological polar surface area (TPSA) is 147 Å². The molecule has 1 rings (SSSR count). The summed E-state index contributed by atoms with van der Waals surface area (Å²) < 4.78 is 0.328. The van der Waals surface area contributed by atoms with Crippen molar-refractivity contribution in [2.75, 3.05) is 10.2 Å². The van der Waals surface area contributed by atoms with Gasteiger partial charge < -0.3 is 25.7 Å². The lowest BCUT2D eigenvalue weighted by atomic mass is 10.1. The highest BCUT2D eigenvalue weighted by atomic mass is 127. The highest BCUT2D eigenvalue weighted by Crippen LogP contribution is 2.42. The molecule has 2 amide bonds. The Bertz CT molecular complexity index is 731. The first-order chi connectivity index (χ1) is 10.8. The van der Waals surface area contributed by atoms with Crippen LogP contribution in [0.5, 0.6) is 0 Å². The Hall–Kier alpha value is -0.300. The number of rotatable bonds is 4. The Morgan fingerprint density at radius 3 is 1.83 bits per heavy atom. The first-order valence-corrected chi connectivity index (χ1v) is 9.23. The molecule has 12 heteroatoms. The second-order valence-corrected chi connectivity index (χ2v) is 7.72. The molecule has 0 heterocycles. The number of carboxylic acids is 1. The van der Waals surface area contributed by atoms with Gasteiger partial charge in [0.05, 0.1) is 27.6 Å². The third-order valence-corrected chi connectivity index (χ3v) is 5.83. The molecule has 1 aromatic carbocycles. The summed E-state index contributed by atoms with van der Waals surface area (Å²) in [5.41, 5.74) is -0.435. The summed E-state index contributed by atoms with van der Waals surface area (Å²) >= 11 is 5.05. The summed E-state index contributed by atoms with van der Waals surface area (Å²) in [5, 5.41) is 40.4. The van der Waals surface area contributed by atoms with Gasteiger partial charge in [0, 0.05) is 13.8 Å². The van der Waals surface area contributed by atoms with Crippen molar-refractivity contribution in [3.63, 3.8) is 0 Å². The van der Waals surface area contributed by atoms with Gasteiger partial charge in [0.15, 0.2) is 0 Å². The van der Waals surface area contributed by atoms with Gasteiger partial charge in [-0.25, -0.2) is 9.69 Å². The van der Waals surface area contributed by atoms with Crippen molar-refractivity contribution < 1.29 is 34.8 Å². The van der Waals surface area contributed by atoms with Crippen molar-refractivity contribution in [1.29, 1.82) is 0 Å². The van der Waals surface area contributed by atoms with Gasteiger partial charge in [0.25, 0.3) is 0 Å². The highest BCUT2D eigenvalue weighted by molar-refractivity contribution is 14.1. The number of aliphatic hydroxyl groups is 3. The number of benzene rings is 1. The van der Waals surface area contributed by atoms with Crippen molar-refractivity contribution in [2.24, 2.45) is 0 Å². The minimum atomic E-state index is -3.55. The average molecular weight is 676 g/mol. The third-order valence-electron chi connectivity index (χ3n) is 2.65. The van der Waals surface area contributed by atoms with E-state index in [4.69, 9.17) is 0 Å². The van der Waals surface area contributed by atoms with Crippen LogP contribution in [-0.4, -0.2) is 44.3 Å². The maximum Gasteiger partial charge on any atom is 0.376 e. The number of carboxylic acid groups (broad SMARTS) is 1. The lowest BCUT2D eigenvalue weighted by Crippen LogP contribution is -2.52. The Kier molecular flexibility index (Phi) is 7.19. The van der Waals surface area contributed by atoms with Crippen LogP contribution in [0.4, 0.5) is 11.4 Å². The SMILES string of the molecule is CC(=O)Nc1c(I)c(C(=O)O)c(I)c(N(C(C)=O)C(O)(O)O)c1I. The molecule has 1 aromatic rings. The first-order valence-electron chi connectivity index (χ1n) is 5.99. The van der Waals surface area contributed by atoms with E-state index in [0.717, 1.165) is 6.92 Å². The van der Waals surface area contributed by atoms with Gasteiger partial charge in [-0.2, -0.15) is 0 Å². The maximum atomic E-state index is 11.8. The van der Waals surface area contributed by atoms with E-state index >= 15 is 0 Å². The number of halogens is 3. The summed E-state index contributed by atoms with van der Waals surface area (Å²) in [6, 6.07) is 0. The van der Waals surface area contributed by atoms with Gasteiger partial charge in [-0.3, -0.25) is 9.59 Å². The number of hydrogen-bond acceptors (Lipinski definition) is 6. The number of anilines is 2. The van der Waals surface area contributed by atoms with E-state index in [2.05, 4.69) is 5.32 Å². The molecule has 0 saturated carbocycles. The van der Waals surface area contributed by atoms with Gasteiger partial charge in [-0.1, -0.05) is 0 Å². The first kappa shape index (κ1) is 21.7. The normalized spacial score (nSPS) is 11.2. The number of carbonyl (C=O) groups excluding carboxylic acids is 2. The van der Waals surface area contributed by atoms with Crippen LogP contribution in [0.15, 0.2) is 0 Å². The summed E-state index contributed by atoms with van der Waals surface area (Å²) in [5.74, 6) is -2.80. The molecule has 5 N–H and O–H groups in total. The second-order valence-electron chi connectivity index (χ2n) is 4.48. The van der Waals surface area contributed by atoms with Crippen molar-refractivity contribution in [1.82, 2.24) is 0 Å². The Balaban J connectivity index is 3.96. The van der Waals surface area contributed by atoms with Gasteiger partial charge in [0.1, 0.15) is 0 Å². The number of carbonyl (C=O) groups is 3. The molecule has 0 aliphatic carbocycles. The largest absolute Gasteiger partial charge is 0.478 e. The van der Waals surface area contributed by atoms with E-state index in [0.29, 0.717) is 0 Å². The molecule has 0 aromatic heterocycles. The standard InChI is InChI=1S/C12H11I3N2O7/c1-3(18)16-9-6(13)5(11(20)21)7(14)10(8(9)15)17(4(2)19)12(22,23)24/h22-24H,1-2H3,(H,16,18)(H,20,21). The van der Waals surface area contributed by atoms with Gasteiger partial charge in [-0.15, -0.1) is 0 Å². The van der Waals surface area contributed by atoms with E-state index < -0.39 is 23.9 Å². The zero-order chi connectivity index (χ0) is 19.0. The zero-order valence-corrected chi connectivity index (χ0v) is 18.6. The number of hydrogen-bond donors (Lipinski definition) is 5. The Labute approximate surface area is 176 Å². The number of amides is 2. The lowest BCUT2D eigenvalue weighted by molar-refractivity contribution is -0.306. The Morgan fingerprint density at radius 2 is 1.50 bits per heavy atom. The molecule has 0 bridgehead atoms. The van der Waals surface area contributed by atoms with Crippen molar-refractivity contribution in [3.8, 4) is 0 Å². The summed E-state index contributed by atoms with van der Waals surface area (Å²) in [4.78, 5) is 35.0. The Morgan fingerprint density at radius 1 is 1.00 bits per heavy atom. The van der Waals surface area contributed by atoms with Crippen molar-refractivity contribution in [3.05, 3.63) is 16.3 Å². The molecule has 0 atom stereocenters. The molecule has 0 fully saturated rings. The van der Waals surface area contributed by atoms with Gasteiger partial charge in [0.2, 0.25) is 11.8 Å². The predicted molar refractivity (Wildman–Crippen MR) is 108 cm³/mol. The molecule has 0 saturated heterocycles. The zero-order valence-electron chi connectivity index (χ0n) is 12.1. The molecular formula is C12H11I3N2O7. The highest BCUT2D eigenvalue weighted by Gasteiger charge is 2.39. The van der Waals surface area contributed by atoms with E-state index in [-0.39, 0.29) is 32.5 Å². The number of nitrogens with one attached hydrogen (secondary N) is 1. The fraction of sp³-hybridized carbons (Fsp3) is 0.250. The quantitative estimate of drug-likeness (QED) is 0.237. The second kappa shape index (κ2) is 7.94. The van der Waals surface area contributed by atoms with Crippen LogP contribution in [0.3, 0.4) is 0 Å². The lowest BCUT2D eigenvalue weighted by Gasteiger charge is -2.32. The maximum absolute atomic E-state index is 11.8. The number of nitrogens with zero attached hydrogens (tertiary/aromatic N) is 1. The van der Waals surface area contributed by atoms with Crippen LogP contribution >= 0.6 is 67.8 Å². The fourth-order valence-electron chi connectivity index (χ4n) is 1.84. The smallest absolute Gasteiger partial charge is 0.376 e. The van der Waals surface area contributed by atoms with E-state index in [1.807, 2.05) is 0 Å².